The Hall–Kier alpha value is -1.10. The Labute approximate surface area is 96.3 Å². The van der Waals surface area contributed by atoms with Crippen LogP contribution in [0.1, 0.15) is 13.3 Å². The molecule has 0 radical (unpaired) electrons. The second kappa shape index (κ2) is 5.84. The molecule has 0 aromatic carbocycles. The largest absolute Gasteiger partial charge is 0.469 e. The van der Waals surface area contributed by atoms with Gasteiger partial charge in [0.1, 0.15) is 0 Å². The number of hydrogen-bond donors (Lipinski definition) is 0. The molecule has 1 rings (SSSR count). The van der Waals surface area contributed by atoms with Crippen LogP contribution in [0.4, 0.5) is 0 Å². The Kier molecular flexibility index (Phi) is 4.73. The van der Waals surface area contributed by atoms with Crippen LogP contribution < -0.4 is 0 Å². The van der Waals surface area contributed by atoms with E-state index in [9.17, 15) is 9.59 Å². The van der Waals surface area contributed by atoms with Crippen LogP contribution in [0, 0.1) is 5.92 Å². The summed E-state index contributed by atoms with van der Waals surface area (Å²) < 4.78 is 4.70. The van der Waals surface area contributed by atoms with E-state index in [1.54, 1.807) is 11.9 Å². The summed E-state index contributed by atoms with van der Waals surface area (Å²) >= 11 is 0. The molecule has 0 bridgehead atoms. The predicted octanol–water partition coefficient (Wildman–Crippen LogP) is -0.0404. The van der Waals surface area contributed by atoms with Crippen molar-refractivity contribution in [1.82, 2.24) is 9.80 Å². The van der Waals surface area contributed by atoms with Gasteiger partial charge in [-0.15, -0.1) is 0 Å². The van der Waals surface area contributed by atoms with Crippen LogP contribution in [0.15, 0.2) is 0 Å². The molecule has 0 aromatic heterocycles. The molecule has 1 amide bonds. The van der Waals surface area contributed by atoms with E-state index in [2.05, 4.69) is 0 Å². The van der Waals surface area contributed by atoms with E-state index in [1.807, 2.05) is 11.8 Å². The quantitative estimate of drug-likeness (QED) is 0.634. The molecular weight excluding hydrogens is 208 g/mol. The third-order valence-electron chi connectivity index (χ3n) is 3.07. The van der Waals surface area contributed by atoms with Crippen molar-refractivity contribution in [1.29, 1.82) is 0 Å². The zero-order valence-electron chi connectivity index (χ0n) is 10.2. The standard InChI is InChI=1S/C11H20N2O3/c1-4-12(2)10(14)8-13-6-5-9(7-13)11(15)16-3/h9H,4-8H2,1-3H3. The van der Waals surface area contributed by atoms with E-state index >= 15 is 0 Å². The summed E-state index contributed by atoms with van der Waals surface area (Å²) in [5.74, 6) is -0.128. The van der Waals surface area contributed by atoms with Crippen molar-refractivity contribution in [3.63, 3.8) is 0 Å². The van der Waals surface area contributed by atoms with E-state index in [1.165, 1.54) is 7.11 Å². The molecule has 1 heterocycles. The maximum absolute atomic E-state index is 11.6. The number of hydrogen-bond acceptors (Lipinski definition) is 4. The number of rotatable bonds is 4. The van der Waals surface area contributed by atoms with Crippen molar-refractivity contribution in [2.24, 2.45) is 5.92 Å². The molecule has 0 aliphatic carbocycles. The van der Waals surface area contributed by atoms with Gasteiger partial charge in [-0.05, 0) is 19.9 Å². The van der Waals surface area contributed by atoms with Crippen LogP contribution in [-0.4, -0.2) is 62.0 Å². The number of carbonyl (C=O) groups is 2. The maximum atomic E-state index is 11.6. The second-order valence-electron chi connectivity index (χ2n) is 4.15. The first kappa shape index (κ1) is 13.0. The molecule has 92 valence electrons. The number of esters is 1. The van der Waals surface area contributed by atoms with Crippen molar-refractivity contribution in [3.8, 4) is 0 Å². The summed E-state index contributed by atoms with van der Waals surface area (Å²) in [5, 5.41) is 0. The van der Waals surface area contributed by atoms with E-state index in [-0.39, 0.29) is 17.8 Å². The lowest BCUT2D eigenvalue weighted by molar-refractivity contribution is -0.145. The van der Waals surface area contributed by atoms with Crippen LogP contribution in [0.25, 0.3) is 0 Å². The first-order valence-electron chi connectivity index (χ1n) is 5.62. The third-order valence-corrected chi connectivity index (χ3v) is 3.07. The average molecular weight is 228 g/mol. The van der Waals surface area contributed by atoms with Gasteiger partial charge in [0.05, 0.1) is 19.6 Å². The Morgan fingerprint density at radius 3 is 2.75 bits per heavy atom. The summed E-state index contributed by atoms with van der Waals surface area (Å²) in [4.78, 5) is 26.6. The number of likely N-dealkylation sites (N-methyl/N-ethyl adjacent to an activating group) is 1. The van der Waals surface area contributed by atoms with Crippen LogP contribution in [0.2, 0.25) is 0 Å². The van der Waals surface area contributed by atoms with Gasteiger partial charge in [-0.25, -0.2) is 0 Å². The Morgan fingerprint density at radius 2 is 2.19 bits per heavy atom. The predicted molar refractivity (Wildman–Crippen MR) is 59.9 cm³/mol. The highest BCUT2D eigenvalue weighted by atomic mass is 16.5. The summed E-state index contributed by atoms with van der Waals surface area (Å²) in [5.41, 5.74) is 0. The molecule has 5 nitrogen and oxygen atoms in total. The van der Waals surface area contributed by atoms with Gasteiger partial charge in [0.25, 0.3) is 0 Å². The minimum Gasteiger partial charge on any atom is -0.469 e. The van der Waals surface area contributed by atoms with Crippen molar-refractivity contribution in [3.05, 3.63) is 0 Å². The number of ether oxygens (including phenoxy) is 1. The fraction of sp³-hybridized carbons (Fsp3) is 0.818. The molecule has 0 spiro atoms. The number of carbonyl (C=O) groups excluding carboxylic acids is 2. The molecular formula is C11H20N2O3. The highest BCUT2D eigenvalue weighted by molar-refractivity contribution is 5.78. The zero-order chi connectivity index (χ0) is 12.1. The zero-order valence-corrected chi connectivity index (χ0v) is 10.2. The van der Waals surface area contributed by atoms with Gasteiger partial charge >= 0.3 is 5.97 Å². The fourth-order valence-electron chi connectivity index (χ4n) is 1.82. The SMILES string of the molecule is CCN(C)C(=O)CN1CCC(C(=O)OC)C1. The lowest BCUT2D eigenvalue weighted by Gasteiger charge is -2.20. The van der Waals surface area contributed by atoms with Crippen molar-refractivity contribution >= 4 is 11.9 Å². The lowest BCUT2D eigenvalue weighted by atomic mass is 10.1. The molecule has 1 aliphatic rings. The number of likely N-dealkylation sites (tertiary alicyclic amines) is 1. The number of nitrogens with zero attached hydrogens (tertiary/aromatic N) is 2. The topological polar surface area (TPSA) is 49.9 Å². The fourth-order valence-corrected chi connectivity index (χ4v) is 1.82. The van der Waals surface area contributed by atoms with E-state index in [4.69, 9.17) is 4.74 Å². The van der Waals surface area contributed by atoms with Gasteiger partial charge in [-0.3, -0.25) is 14.5 Å². The van der Waals surface area contributed by atoms with Gasteiger partial charge in [0.2, 0.25) is 5.91 Å². The summed E-state index contributed by atoms with van der Waals surface area (Å²) in [6, 6.07) is 0. The summed E-state index contributed by atoms with van der Waals surface area (Å²) in [6.45, 7) is 4.49. The molecule has 1 aliphatic heterocycles. The molecule has 0 saturated carbocycles. The molecule has 0 N–H and O–H groups in total. The second-order valence-corrected chi connectivity index (χ2v) is 4.15. The smallest absolute Gasteiger partial charge is 0.310 e. The molecule has 16 heavy (non-hydrogen) atoms. The number of amides is 1. The van der Waals surface area contributed by atoms with Gasteiger partial charge < -0.3 is 9.64 Å². The van der Waals surface area contributed by atoms with Gasteiger partial charge in [0.15, 0.2) is 0 Å². The molecule has 1 saturated heterocycles. The molecule has 0 aromatic rings. The summed E-state index contributed by atoms with van der Waals surface area (Å²) in [6.07, 6.45) is 0.787. The van der Waals surface area contributed by atoms with Crippen molar-refractivity contribution in [2.75, 3.05) is 40.3 Å². The summed E-state index contributed by atoms with van der Waals surface area (Å²) in [7, 11) is 3.19. The number of methoxy groups -OCH3 is 1. The molecule has 5 heteroatoms. The van der Waals surface area contributed by atoms with Crippen LogP contribution >= 0.6 is 0 Å². The normalized spacial score (nSPS) is 20.8. The average Bonchev–Trinajstić information content (AvgIpc) is 2.75. The van der Waals surface area contributed by atoms with E-state index in [0.717, 1.165) is 13.0 Å². The molecule has 1 fully saturated rings. The van der Waals surface area contributed by atoms with Gasteiger partial charge in [-0.1, -0.05) is 0 Å². The third kappa shape index (κ3) is 3.20. The highest BCUT2D eigenvalue weighted by Crippen LogP contribution is 2.17. The monoisotopic (exact) mass is 228 g/mol. The van der Waals surface area contributed by atoms with Crippen molar-refractivity contribution < 1.29 is 14.3 Å². The van der Waals surface area contributed by atoms with Crippen molar-refractivity contribution in [2.45, 2.75) is 13.3 Å². The van der Waals surface area contributed by atoms with Crippen LogP contribution in [0.3, 0.4) is 0 Å². The van der Waals surface area contributed by atoms with E-state index < -0.39 is 0 Å². The Balaban J connectivity index is 2.37. The first-order valence-corrected chi connectivity index (χ1v) is 5.62. The van der Waals surface area contributed by atoms with E-state index in [0.29, 0.717) is 19.6 Å². The molecule has 1 atom stereocenters. The van der Waals surface area contributed by atoms with Crippen LogP contribution in [-0.2, 0) is 14.3 Å². The highest BCUT2D eigenvalue weighted by Gasteiger charge is 2.30. The van der Waals surface area contributed by atoms with Gasteiger partial charge in [0, 0.05) is 20.1 Å². The van der Waals surface area contributed by atoms with Crippen LogP contribution in [0.5, 0.6) is 0 Å². The lowest BCUT2D eigenvalue weighted by Crippen LogP contribution is -2.37. The van der Waals surface area contributed by atoms with Gasteiger partial charge in [-0.2, -0.15) is 0 Å². The minimum absolute atomic E-state index is 0.0651. The Bertz CT molecular complexity index is 268. The maximum Gasteiger partial charge on any atom is 0.310 e. The Morgan fingerprint density at radius 1 is 1.50 bits per heavy atom. The molecule has 1 unspecified atom stereocenters. The first-order chi connectivity index (χ1) is 7.58. The minimum atomic E-state index is -0.168.